The molecule has 4 saturated carbocycles. The van der Waals surface area contributed by atoms with Crippen molar-refractivity contribution in [3.05, 3.63) is 28.8 Å². The number of aryl methyl sites for hydroxylation is 1. The molecule has 5 heteroatoms. The van der Waals surface area contributed by atoms with E-state index in [9.17, 15) is 9.59 Å². The lowest BCUT2D eigenvalue weighted by Gasteiger charge is -2.56. The molecule has 1 aromatic rings. The van der Waals surface area contributed by atoms with Crippen LogP contribution in [-0.2, 0) is 9.59 Å². The number of hydrogen-bond acceptors (Lipinski definition) is 2. The van der Waals surface area contributed by atoms with E-state index in [-0.39, 0.29) is 23.3 Å². The van der Waals surface area contributed by atoms with E-state index in [1.165, 1.54) is 19.3 Å². The van der Waals surface area contributed by atoms with Crippen LogP contribution in [0.5, 0.6) is 0 Å². The zero-order valence-corrected chi connectivity index (χ0v) is 17.3. The van der Waals surface area contributed by atoms with Crippen molar-refractivity contribution in [2.45, 2.75) is 64.3 Å². The average Bonchev–Trinajstić information content (AvgIpc) is 3.12. The molecule has 6 rings (SSSR count). The van der Waals surface area contributed by atoms with Crippen molar-refractivity contribution in [2.24, 2.45) is 23.2 Å². The maximum absolute atomic E-state index is 13.7. The van der Waals surface area contributed by atoms with Gasteiger partial charge in [-0.25, -0.2) is 0 Å². The lowest BCUT2D eigenvalue weighted by atomic mass is 9.49. The van der Waals surface area contributed by atoms with Gasteiger partial charge in [0, 0.05) is 6.54 Å². The van der Waals surface area contributed by atoms with E-state index in [4.69, 9.17) is 11.6 Å². The van der Waals surface area contributed by atoms with E-state index in [2.05, 4.69) is 5.32 Å². The smallest absolute Gasteiger partial charge is 0.247 e. The van der Waals surface area contributed by atoms with Gasteiger partial charge in [-0.15, -0.1) is 0 Å². The number of anilines is 1. The highest BCUT2D eigenvalue weighted by atomic mass is 35.5. The number of hydrogen-bond donors (Lipinski definition) is 1. The van der Waals surface area contributed by atoms with E-state index in [1.54, 1.807) is 0 Å². The number of likely N-dealkylation sites (tertiary alicyclic amines) is 1. The number of rotatable bonds is 3. The molecule has 28 heavy (non-hydrogen) atoms. The molecule has 0 unspecified atom stereocenters. The van der Waals surface area contributed by atoms with Crippen LogP contribution in [0.3, 0.4) is 0 Å². The minimum Gasteiger partial charge on any atom is -0.330 e. The van der Waals surface area contributed by atoms with Crippen LogP contribution in [0.25, 0.3) is 0 Å². The summed E-state index contributed by atoms with van der Waals surface area (Å²) in [5, 5.41) is 3.52. The first-order valence-electron chi connectivity index (χ1n) is 10.8. The van der Waals surface area contributed by atoms with E-state index in [0.717, 1.165) is 55.4 Å². The predicted molar refractivity (Wildman–Crippen MR) is 110 cm³/mol. The van der Waals surface area contributed by atoms with Gasteiger partial charge >= 0.3 is 0 Å². The molecule has 4 bridgehead atoms. The van der Waals surface area contributed by atoms with Gasteiger partial charge in [-0.3, -0.25) is 9.59 Å². The van der Waals surface area contributed by atoms with Gasteiger partial charge in [-0.1, -0.05) is 17.7 Å². The molecule has 1 aromatic carbocycles. The van der Waals surface area contributed by atoms with Crippen molar-refractivity contribution in [3.63, 3.8) is 0 Å². The standard InChI is InChI=1S/C23H29ClN2O2/c1-14-4-5-19(18(24)7-14)25-21(27)20-3-2-6-26(20)22(28)23-11-15-8-16(12-23)10-17(9-15)13-23/h4-5,7,15-17,20H,2-3,6,8-13H2,1H3,(H,25,27)/t15?,16?,17?,20-,23?/m1/s1. The van der Waals surface area contributed by atoms with Gasteiger partial charge in [0.1, 0.15) is 6.04 Å². The van der Waals surface area contributed by atoms with Gasteiger partial charge in [0.15, 0.2) is 0 Å². The Labute approximate surface area is 172 Å². The second-order valence-electron chi connectivity index (χ2n) is 9.83. The summed E-state index contributed by atoms with van der Waals surface area (Å²) in [6.45, 7) is 2.68. The fourth-order valence-electron chi connectivity index (χ4n) is 6.90. The molecule has 1 heterocycles. The third-order valence-electron chi connectivity index (χ3n) is 7.69. The molecule has 4 nitrogen and oxygen atoms in total. The Hall–Kier alpha value is -1.55. The van der Waals surface area contributed by atoms with E-state index < -0.39 is 0 Å². The third kappa shape index (κ3) is 3.04. The number of halogens is 1. The van der Waals surface area contributed by atoms with Gasteiger partial charge in [0.25, 0.3) is 0 Å². The molecule has 1 saturated heterocycles. The Bertz CT molecular complexity index is 786. The van der Waals surface area contributed by atoms with Crippen molar-refractivity contribution in [2.75, 3.05) is 11.9 Å². The lowest BCUT2D eigenvalue weighted by molar-refractivity contribution is -0.160. The fourth-order valence-corrected chi connectivity index (χ4v) is 7.18. The van der Waals surface area contributed by atoms with Crippen LogP contribution in [0, 0.1) is 30.1 Å². The van der Waals surface area contributed by atoms with Crippen molar-refractivity contribution in [3.8, 4) is 0 Å². The molecule has 150 valence electrons. The van der Waals surface area contributed by atoms with Crippen LogP contribution in [0.15, 0.2) is 18.2 Å². The molecule has 1 aliphatic heterocycles. The molecular formula is C23H29ClN2O2. The number of amides is 2. The van der Waals surface area contributed by atoms with Crippen LogP contribution in [0.4, 0.5) is 5.69 Å². The van der Waals surface area contributed by atoms with Crippen molar-refractivity contribution < 1.29 is 9.59 Å². The maximum atomic E-state index is 13.7. The molecule has 0 aromatic heterocycles. The molecule has 5 aliphatic rings. The van der Waals surface area contributed by atoms with Crippen molar-refractivity contribution in [1.82, 2.24) is 4.90 Å². The topological polar surface area (TPSA) is 49.4 Å². The summed E-state index contributed by atoms with van der Waals surface area (Å²) in [7, 11) is 0. The monoisotopic (exact) mass is 400 g/mol. The lowest BCUT2D eigenvalue weighted by Crippen LogP contribution is -2.56. The minimum absolute atomic E-state index is 0.0960. The Morgan fingerprint density at radius 3 is 2.36 bits per heavy atom. The molecule has 2 amide bonds. The van der Waals surface area contributed by atoms with Crippen LogP contribution in [0.1, 0.15) is 56.9 Å². The molecule has 1 N–H and O–H groups in total. The zero-order valence-electron chi connectivity index (χ0n) is 16.5. The van der Waals surface area contributed by atoms with Gasteiger partial charge in [-0.05, 0) is 93.7 Å². The summed E-state index contributed by atoms with van der Waals surface area (Å²) in [5.41, 5.74) is 1.51. The Morgan fingerprint density at radius 1 is 1.11 bits per heavy atom. The van der Waals surface area contributed by atoms with E-state index in [1.807, 2.05) is 30.0 Å². The Kier molecular flexibility index (Phi) is 4.46. The molecule has 1 atom stereocenters. The quantitative estimate of drug-likeness (QED) is 0.792. The molecule has 5 fully saturated rings. The summed E-state index contributed by atoms with van der Waals surface area (Å²) in [5.74, 6) is 2.37. The zero-order chi connectivity index (χ0) is 19.5. The van der Waals surface area contributed by atoms with Gasteiger partial charge in [0.2, 0.25) is 11.8 Å². The first-order chi connectivity index (χ1) is 13.4. The molecular weight excluding hydrogens is 372 g/mol. The largest absolute Gasteiger partial charge is 0.330 e. The van der Waals surface area contributed by atoms with Crippen molar-refractivity contribution >= 4 is 29.1 Å². The van der Waals surface area contributed by atoms with E-state index in [0.29, 0.717) is 17.3 Å². The number of nitrogens with one attached hydrogen (secondary N) is 1. The number of nitrogens with zero attached hydrogens (tertiary/aromatic N) is 1. The highest BCUT2D eigenvalue weighted by molar-refractivity contribution is 6.33. The van der Waals surface area contributed by atoms with Gasteiger partial charge in [-0.2, -0.15) is 0 Å². The second kappa shape index (κ2) is 6.76. The minimum atomic E-state index is -0.363. The van der Waals surface area contributed by atoms with Crippen LogP contribution in [-0.4, -0.2) is 29.3 Å². The molecule has 0 spiro atoms. The SMILES string of the molecule is Cc1ccc(NC(=O)[C@H]2CCCN2C(=O)C23CC4CC(CC(C4)C2)C3)c(Cl)c1. The van der Waals surface area contributed by atoms with E-state index >= 15 is 0 Å². The fraction of sp³-hybridized carbons (Fsp3) is 0.652. The second-order valence-corrected chi connectivity index (χ2v) is 10.2. The molecule has 4 aliphatic carbocycles. The van der Waals surface area contributed by atoms with Crippen molar-refractivity contribution in [1.29, 1.82) is 0 Å². The Morgan fingerprint density at radius 2 is 1.75 bits per heavy atom. The number of carbonyl (C=O) groups is 2. The molecule has 0 radical (unpaired) electrons. The summed E-state index contributed by atoms with van der Waals surface area (Å²) >= 11 is 6.29. The Balaban J connectivity index is 1.34. The number of carbonyl (C=O) groups excluding carboxylic acids is 2. The van der Waals surface area contributed by atoms with Gasteiger partial charge < -0.3 is 10.2 Å². The first-order valence-corrected chi connectivity index (χ1v) is 11.2. The highest BCUT2D eigenvalue weighted by Gasteiger charge is 2.56. The highest BCUT2D eigenvalue weighted by Crippen LogP contribution is 2.60. The number of benzene rings is 1. The third-order valence-corrected chi connectivity index (χ3v) is 8.00. The predicted octanol–water partition coefficient (Wildman–Crippen LogP) is 4.79. The van der Waals surface area contributed by atoms with Crippen LogP contribution < -0.4 is 5.32 Å². The summed E-state index contributed by atoms with van der Waals surface area (Å²) in [6.07, 6.45) is 8.75. The van der Waals surface area contributed by atoms with Crippen LogP contribution >= 0.6 is 11.6 Å². The van der Waals surface area contributed by atoms with Gasteiger partial charge in [0.05, 0.1) is 16.1 Å². The maximum Gasteiger partial charge on any atom is 0.247 e. The van der Waals surface area contributed by atoms with Crippen LogP contribution in [0.2, 0.25) is 5.02 Å². The normalized spacial score (nSPS) is 36.0. The first kappa shape index (κ1) is 18.5. The average molecular weight is 401 g/mol. The summed E-state index contributed by atoms with van der Waals surface area (Å²) in [4.78, 5) is 28.6. The summed E-state index contributed by atoms with van der Waals surface area (Å²) in [6, 6.07) is 5.27. The summed E-state index contributed by atoms with van der Waals surface area (Å²) < 4.78 is 0.